The van der Waals surface area contributed by atoms with Gasteiger partial charge in [0.05, 0.1) is 23.3 Å². The average molecular weight is 835 g/mol. The van der Waals surface area contributed by atoms with E-state index in [9.17, 15) is 29.4 Å². The number of hydrazine groups is 2. The van der Waals surface area contributed by atoms with Crippen molar-refractivity contribution in [1.82, 2.24) is 20.2 Å². The van der Waals surface area contributed by atoms with Gasteiger partial charge in [-0.3, -0.25) is 30.0 Å². The molecule has 4 unspecified atom stereocenters. The van der Waals surface area contributed by atoms with Gasteiger partial charge < -0.3 is 10.2 Å². The quantitative estimate of drug-likeness (QED) is 0.0832. The molecule has 4 N–H and O–H groups in total. The molecule has 1 aromatic heterocycles. The van der Waals surface area contributed by atoms with Crippen LogP contribution < -0.4 is 10.9 Å². The maximum atomic E-state index is 14.4. The predicted octanol–water partition coefficient (Wildman–Crippen LogP) is 8.25. The topological polar surface area (TPSA) is 165 Å². The highest BCUT2D eigenvalue weighted by molar-refractivity contribution is 8.02. The molecular weight excluding hydrogens is 797 g/mol. The Hall–Kier alpha value is -6.90. The van der Waals surface area contributed by atoms with Crippen LogP contribution in [0.15, 0.2) is 158 Å². The Labute approximate surface area is 354 Å². The van der Waals surface area contributed by atoms with Crippen LogP contribution in [0, 0.1) is 0 Å². The van der Waals surface area contributed by atoms with E-state index in [4.69, 9.17) is 0 Å². The summed E-state index contributed by atoms with van der Waals surface area (Å²) in [5.74, 6) is -2.72. The van der Waals surface area contributed by atoms with Gasteiger partial charge in [0.2, 0.25) is 0 Å². The molecule has 0 radical (unpaired) electrons. The maximum absolute atomic E-state index is 14.4. The van der Waals surface area contributed by atoms with Crippen molar-refractivity contribution >= 4 is 81.8 Å². The average Bonchev–Trinajstić information content (AvgIpc) is 3.69. The third-order valence-corrected chi connectivity index (χ3v) is 13.3. The molecule has 12 nitrogen and oxygen atoms in total. The van der Waals surface area contributed by atoms with E-state index >= 15 is 0 Å². The number of nitrogens with one attached hydrogen (secondary N) is 2. The normalized spacial score (nSPS) is 21.6. The van der Waals surface area contributed by atoms with Crippen molar-refractivity contribution in [2.45, 2.75) is 33.1 Å². The molecule has 3 heterocycles. The number of benzene rings is 5. The second kappa shape index (κ2) is 17.1. The number of carboxylic acids is 2. The molecule has 2 aliphatic rings. The molecule has 0 bridgehead atoms. The lowest BCUT2D eigenvalue weighted by atomic mass is 10.0. The number of hydrogen-bond donors (Lipinski definition) is 4. The van der Waals surface area contributed by atoms with Crippen LogP contribution in [-0.2, 0) is 28.9 Å². The van der Waals surface area contributed by atoms with E-state index in [1.54, 1.807) is 12.1 Å². The highest BCUT2D eigenvalue weighted by Gasteiger charge is 2.54. The zero-order valence-corrected chi connectivity index (χ0v) is 33.5. The number of carbonyl (C=O) groups excluding carboxylic acids is 2. The van der Waals surface area contributed by atoms with Gasteiger partial charge in [-0.15, -0.1) is 33.7 Å². The van der Waals surface area contributed by atoms with Gasteiger partial charge in [-0.25, -0.2) is 10.0 Å². The minimum absolute atomic E-state index is 0.207. The number of carbonyl (C=O) groups is 4. The van der Waals surface area contributed by atoms with E-state index < -0.39 is 56.8 Å². The smallest absolute Gasteiger partial charge is 0.305 e. The molecule has 14 heteroatoms. The molecule has 0 aliphatic carbocycles. The zero-order valence-electron chi connectivity index (χ0n) is 31.9. The van der Waals surface area contributed by atoms with Gasteiger partial charge in [-0.05, 0) is 34.4 Å². The molecular formula is C46H38N6O6S2. The molecule has 5 aromatic carbocycles. The fourth-order valence-corrected chi connectivity index (χ4v) is 10.4. The molecule has 0 spiro atoms. The molecule has 2 aliphatic heterocycles. The van der Waals surface area contributed by atoms with Crippen LogP contribution in [0.3, 0.4) is 0 Å². The fraction of sp³-hybridized carbons (Fsp3) is 0.130. The summed E-state index contributed by atoms with van der Waals surface area (Å²) >= 11 is 2.44. The Morgan fingerprint density at radius 1 is 0.550 bits per heavy atom. The van der Waals surface area contributed by atoms with E-state index in [0.29, 0.717) is 10.8 Å². The minimum atomic E-state index is -1.22. The maximum Gasteiger partial charge on any atom is 0.305 e. The fourth-order valence-electron chi connectivity index (χ4n) is 7.30. The van der Waals surface area contributed by atoms with Crippen molar-refractivity contribution in [2.75, 3.05) is 10.9 Å². The van der Waals surface area contributed by atoms with Crippen LogP contribution >= 0.6 is 23.5 Å². The van der Waals surface area contributed by atoms with Gasteiger partial charge >= 0.3 is 11.9 Å². The predicted molar refractivity (Wildman–Crippen MR) is 235 cm³/mol. The first-order chi connectivity index (χ1) is 29.2. The first kappa shape index (κ1) is 39.9. The number of thioether (sulfide) groups is 2. The van der Waals surface area contributed by atoms with Crippen molar-refractivity contribution < 1.29 is 29.4 Å². The van der Waals surface area contributed by atoms with Crippen LogP contribution in [0.1, 0.15) is 35.1 Å². The second-order valence-electron chi connectivity index (χ2n) is 14.0. The number of aliphatic carboxylic acids is 2. The van der Waals surface area contributed by atoms with Crippen LogP contribution in [-0.4, -0.2) is 64.7 Å². The van der Waals surface area contributed by atoms with Gasteiger partial charge in [0.15, 0.2) is 21.4 Å². The second-order valence-corrected chi connectivity index (χ2v) is 16.9. The Kier molecular flexibility index (Phi) is 11.4. The largest absolute Gasteiger partial charge is 0.481 e. The number of amides is 2. The summed E-state index contributed by atoms with van der Waals surface area (Å²) in [6.45, 7) is 0. The number of hydrogen-bond acceptors (Lipinski definition) is 10. The number of aromatic nitrogens is 2. The number of anilines is 2. The highest BCUT2D eigenvalue weighted by Crippen LogP contribution is 2.53. The molecule has 0 saturated carbocycles. The van der Waals surface area contributed by atoms with Crippen molar-refractivity contribution in [1.29, 1.82) is 0 Å². The summed E-state index contributed by atoms with van der Waals surface area (Å²) in [5, 5.41) is 31.0. The lowest BCUT2D eigenvalue weighted by Gasteiger charge is -2.36. The molecule has 2 amide bonds. The highest BCUT2D eigenvalue weighted by atomic mass is 32.2. The van der Waals surface area contributed by atoms with Gasteiger partial charge in [0, 0.05) is 10.8 Å². The summed E-state index contributed by atoms with van der Waals surface area (Å²) < 4.78 is 0. The molecule has 4 atom stereocenters. The summed E-state index contributed by atoms with van der Waals surface area (Å²) in [6, 6.07) is 45.2. The number of carboxylic acid groups (broad SMARTS) is 2. The van der Waals surface area contributed by atoms with Gasteiger partial charge in [-0.2, -0.15) is 0 Å². The molecule has 6 aromatic rings. The minimum Gasteiger partial charge on any atom is -0.481 e. The van der Waals surface area contributed by atoms with Crippen LogP contribution in [0.2, 0.25) is 0 Å². The Balaban J connectivity index is 1.22. The van der Waals surface area contributed by atoms with Gasteiger partial charge in [0.25, 0.3) is 11.8 Å². The number of fused-ring (bicyclic) bond motifs is 1. The van der Waals surface area contributed by atoms with Crippen LogP contribution in [0.5, 0.6) is 0 Å². The Bertz CT molecular complexity index is 2420. The van der Waals surface area contributed by atoms with Crippen molar-refractivity contribution in [3.8, 4) is 0 Å². The first-order valence-corrected chi connectivity index (χ1v) is 20.8. The SMILES string of the molecule is O=C(O)CC1SC(/C=C/c2ccccc2)(c2ccccc2)N(Nc2nnc(NN3C(=O)C(CC(=O)O)SC3(/C=C/c3ccccc3)c3ccccc3)c3ccccc23)C1=O. The third-order valence-electron chi connectivity index (χ3n) is 10.1. The van der Waals surface area contributed by atoms with Gasteiger partial charge in [0.1, 0.15) is 0 Å². The molecule has 8 rings (SSSR count). The Morgan fingerprint density at radius 2 is 0.883 bits per heavy atom. The lowest BCUT2D eigenvalue weighted by Crippen LogP contribution is -2.46. The summed E-state index contributed by atoms with van der Waals surface area (Å²) in [6.07, 6.45) is 6.76. The monoisotopic (exact) mass is 834 g/mol. The molecule has 2 fully saturated rings. The van der Waals surface area contributed by atoms with Gasteiger partial charge in [-0.1, -0.05) is 158 Å². The molecule has 60 heavy (non-hydrogen) atoms. The van der Waals surface area contributed by atoms with E-state index in [0.717, 1.165) is 22.3 Å². The van der Waals surface area contributed by atoms with E-state index in [1.165, 1.54) is 33.5 Å². The standard InChI is InChI=1S/C46H38N6O6S2/c53-39(54)29-37-43(57)51(45(59-37,33-19-9-3-10-20-33)27-25-31-15-5-1-6-16-31)49-41-35-23-13-14-24-36(35)42(48-47-41)50-52-44(58)38(30-40(55)56)60-46(52,34-21-11-4-12-22-34)28-26-32-17-7-2-8-18-32/h1-28,37-38H,29-30H2,(H,47,49)(H,48,50)(H,53,54)(H,55,56)/b27-25+,28-26+. The first-order valence-electron chi connectivity index (χ1n) is 19.0. The molecule has 2 saturated heterocycles. The van der Waals surface area contributed by atoms with Crippen LogP contribution in [0.4, 0.5) is 11.6 Å². The van der Waals surface area contributed by atoms with Crippen molar-refractivity contribution in [3.05, 3.63) is 180 Å². The van der Waals surface area contributed by atoms with E-state index in [-0.39, 0.29) is 11.6 Å². The summed E-state index contributed by atoms with van der Waals surface area (Å²) in [5.41, 5.74) is 9.74. The lowest BCUT2D eigenvalue weighted by molar-refractivity contribution is -0.140. The Morgan fingerprint density at radius 3 is 1.23 bits per heavy atom. The summed E-state index contributed by atoms with van der Waals surface area (Å²) in [4.78, 5) is 50.5. The van der Waals surface area contributed by atoms with Crippen molar-refractivity contribution in [2.24, 2.45) is 0 Å². The van der Waals surface area contributed by atoms with Crippen LogP contribution in [0.25, 0.3) is 22.9 Å². The number of rotatable bonds is 14. The van der Waals surface area contributed by atoms with E-state index in [2.05, 4.69) is 21.0 Å². The number of nitrogens with zero attached hydrogens (tertiary/aromatic N) is 4. The van der Waals surface area contributed by atoms with E-state index in [1.807, 2.05) is 158 Å². The third kappa shape index (κ3) is 7.94. The van der Waals surface area contributed by atoms with Crippen molar-refractivity contribution in [3.63, 3.8) is 0 Å². The summed E-state index contributed by atoms with van der Waals surface area (Å²) in [7, 11) is 0. The zero-order chi connectivity index (χ0) is 41.7. The molecule has 300 valence electrons.